The highest BCUT2D eigenvalue weighted by Crippen LogP contribution is 2.15. The molecule has 0 spiro atoms. The van der Waals surface area contributed by atoms with Gasteiger partial charge in [0.1, 0.15) is 0 Å². The van der Waals surface area contributed by atoms with Crippen molar-refractivity contribution >= 4 is 39.9 Å². The summed E-state index contributed by atoms with van der Waals surface area (Å²) >= 11 is 7.79. The van der Waals surface area contributed by atoms with Gasteiger partial charge in [-0.25, -0.2) is 0 Å². The van der Waals surface area contributed by atoms with Crippen LogP contribution in [0.2, 0.25) is 0 Å². The van der Waals surface area contributed by atoms with Crippen LogP contribution in [-0.4, -0.2) is 30.7 Å². The van der Waals surface area contributed by atoms with E-state index in [1.54, 1.807) is 0 Å². The Morgan fingerprint density at radius 3 is 2.50 bits per heavy atom. The Kier molecular flexibility index (Phi) is 4.98. The van der Waals surface area contributed by atoms with Gasteiger partial charge in [-0.2, -0.15) is 0 Å². The van der Waals surface area contributed by atoms with Crippen LogP contribution in [0.3, 0.4) is 0 Å². The summed E-state index contributed by atoms with van der Waals surface area (Å²) in [7, 11) is 1.94. The van der Waals surface area contributed by atoms with E-state index < -0.39 is 6.10 Å². The number of anilines is 1. The normalized spacial score (nSPS) is 12.6. The van der Waals surface area contributed by atoms with Crippen LogP contribution in [-0.2, 0) is 0 Å². The molecule has 0 aromatic heterocycles. The molecule has 0 aliphatic rings. The molecule has 1 atom stereocenters. The summed E-state index contributed by atoms with van der Waals surface area (Å²) < 4.78 is 1.21. The number of rotatable bonds is 4. The number of likely N-dealkylation sites (N-methyl/N-ethyl adjacent to an activating group) is 1. The maximum atomic E-state index is 9.37. The van der Waals surface area contributed by atoms with E-state index in [4.69, 9.17) is 11.6 Å². The molecule has 0 bridgehead atoms. The monoisotopic (exact) mass is 325 g/mol. The highest BCUT2D eigenvalue weighted by Gasteiger charge is 2.06. The first kappa shape index (κ1) is 12.1. The lowest BCUT2D eigenvalue weighted by Crippen LogP contribution is -2.29. The van der Waals surface area contributed by atoms with Crippen LogP contribution in [0.15, 0.2) is 24.3 Å². The molecule has 78 valence electrons. The van der Waals surface area contributed by atoms with E-state index in [0.717, 1.165) is 5.69 Å². The minimum Gasteiger partial charge on any atom is -0.390 e. The Bertz CT molecular complexity index is 278. The molecular weight excluding hydrogens is 312 g/mol. The van der Waals surface area contributed by atoms with Gasteiger partial charge in [-0.3, -0.25) is 0 Å². The van der Waals surface area contributed by atoms with Crippen molar-refractivity contribution in [2.24, 2.45) is 0 Å². The fourth-order valence-electron chi connectivity index (χ4n) is 1.17. The lowest BCUT2D eigenvalue weighted by molar-refractivity contribution is 0.205. The smallest absolute Gasteiger partial charge is 0.0849 e. The predicted molar refractivity (Wildman–Crippen MR) is 69.2 cm³/mol. The SMILES string of the molecule is CN(CC(O)CCl)c1ccc(I)cc1. The van der Waals surface area contributed by atoms with E-state index >= 15 is 0 Å². The molecule has 1 aromatic carbocycles. The van der Waals surface area contributed by atoms with Gasteiger partial charge in [0.05, 0.1) is 12.0 Å². The van der Waals surface area contributed by atoms with Gasteiger partial charge in [0, 0.05) is 22.8 Å². The highest BCUT2D eigenvalue weighted by molar-refractivity contribution is 14.1. The topological polar surface area (TPSA) is 23.5 Å². The second-order valence-electron chi connectivity index (χ2n) is 3.17. The lowest BCUT2D eigenvalue weighted by atomic mass is 10.3. The van der Waals surface area contributed by atoms with Crippen LogP contribution in [0, 0.1) is 3.57 Å². The number of aliphatic hydroxyl groups is 1. The minimum atomic E-state index is -0.471. The Hall–Kier alpha value is -0.000000000000000111. The van der Waals surface area contributed by atoms with Crippen molar-refractivity contribution in [3.63, 3.8) is 0 Å². The molecule has 0 aliphatic carbocycles. The number of benzene rings is 1. The summed E-state index contributed by atoms with van der Waals surface area (Å²) in [6.45, 7) is 0.560. The predicted octanol–water partition coefficient (Wildman–Crippen LogP) is 2.33. The van der Waals surface area contributed by atoms with Gasteiger partial charge in [-0.15, -0.1) is 11.6 Å². The summed E-state index contributed by atoms with van der Waals surface area (Å²) in [5, 5.41) is 9.37. The molecule has 1 unspecified atom stereocenters. The van der Waals surface area contributed by atoms with E-state index in [0.29, 0.717) is 6.54 Å². The third-order valence-electron chi connectivity index (χ3n) is 1.93. The van der Waals surface area contributed by atoms with Crippen molar-refractivity contribution in [2.75, 3.05) is 24.4 Å². The second kappa shape index (κ2) is 5.78. The number of halogens is 2. The zero-order valence-corrected chi connectivity index (χ0v) is 10.9. The fourth-order valence-corrected chi connectivity index (χ4v) is 1.62. The molecule has 0 radical (unpaired) electrons. The average Bonchev–Trinajstić information content (AvgIpc) is 2.18. The van der Waals surface area contributed by atoms with E-state index in [-0.39, 0.29) is 5.88 Å². The number of aliphatic hydroxyl groups excluding tert-OH is 1. The molecule has 0 saturated heterocycles. The third kappa shape index (κ3) is 3.63. The van der Waals surface area contributed by atoms with Gasteiger partial charge in [-0.05, 0) is 46.9 Å². The number of nitrogens with zero attached hydrogens (tertiary/aromatic N) is 1. The van der Waals surface area contributed by atoms with Crippen molar-refractivity contribution in [2.45, 2.75) is 6.10 Å². The average molecular weight is 326 g/mol. The molecule has 1 aromatic rings. The first-order valence-corrected chi connectivity index (χ1v) is 5.95. The van der Waals surface area contributed by atoms with Crippen LogP contribution >= 0.6 is 34.2 Å². The standard InChI is InChI=1S/C10H13ClINO/c1-13(7-10(14)6-11)9-4-2-8(12)3-5-9/h2-5,10,14H,6-7H2,1H3. The number of hydrogen-bond donors (Lipinski definition) is 1. The quantitative estimate of drug-likeness (QED) is 0.678. The van der Waals surface area contributed by atoms with E-state index in [9.17, 15) is 5.11 Å². The van der Waals surface area contributed by atoms with E-state index in [2.05, 4.69) is 22.6 Å². The van der Waals surface area contributed by atoms with Crippen LogP contribution in [0.5, 0.6) is 0 Å². The van der Waals surface area contributed by atoms with Crippen LogP contribution < -0.4 is 4.90 Å². The van der Waals surface area contributed by atoms with E-state index in [1.807, 2.05) is 36.2 Å². The first-order chi connectivity index (χ1) is 6.63. The lowest BCUT2D eigenvalue weighted by Gasteiger charge is -2.21. The van der Waals surface area contributed by atoms with E-state index in [1.165, 1.54) is 3.57 Å². The summed E-state index contributed by atoms with van der Waals surface area (Å²) in [6, 6.07) is 8.14. The molecule has 1 N–H and O–H groups in total. The van der Waals surface area contributed by atoms with Crippen molar-refractivity contribution < 1.29 is 5.11 Å². The van der Waals surface area contributed by atoms with Crippen LogP contribution in [0.25, 0.3) is 0 Å². The summed E-state index contributed by atoms with van der Waals surface area (Å²) in [6.07, 6.45) is -0.471. The summed E-state index contributed by atoms with van der Waals surface area (Å²) in [4.78, 5) is 1.99. The second-order valence-corrected chi connectivity index (χ2v) is 4.72. The molecular formula is C10H13ClINO. The van der Waals surface area contributed by atoms with Gasteiger partial charge in [0.15, 0.2) is 0 Å². The number of alkyl halides is 1. The zero-order valence-electron chi connectivity index (χ0n) is 7.95. The van der Waals surface area contributed by atoms with Crippen LogP contribution in [0.1, 0.15) is 0 Å². The zero-order chi connectivity index (χ0) is 10.6. The first-order valence-electron chi connectivity index (χ1n) is 4.34. The Labute approximate surface area is 103 Å². The van der Waals surface area contributed by atoms with Gasteiger partial charge >= 0.3 is 0 Å². The molecule has 1 rings (SSSR count). The molecule has 0 fully saturated rings. The van der Waals surface area contributed by atoms with Crippen molar-refractivity contribution in [3.05, 3.63) is 27.8 Å². The van der Waals surface area contributed by atoms with Gasteiger partial charge in [0.25, 0.3) is 0 Å². The third-order valence-corrected chi connectivity index (χ3v) is 3.01. The summed E-state index contributed by atoms with van der Waals surface area (Å²) in [5.74, 6) is 0.273. The Morgan fingerprint density at radius 2 is 2.00 bits per heavy atom. The maximum absolute atomic E-state index is 9.37. The highest BCUT2D eigenvalue weighted by atomic mass is 127. The van der Waals surface area contributed by atoms with Crippen molar-refractivity contribution in [3.8, 4) is 0 Å². The molecule has 0 heterocycles. The molecule has 14 heavy (non-hydrogen) atoms. The molecule has 0 amide bonds. The Morgan fingerprint density at radius 1 is 1.43 bits per heavy atom. The van der Waals surface area contributed by atoms with Gasteiger partial charge < -0.3 is 10.0 Å². The summed E-state index contributed by atoms with van der Waals surface area (Å²) in [5.41, 5.74) is 1.09. The number of hydrogen-bond acceptors (Lipinski definition) is 2. The molecule has 0 saturated carbocycles. The molecule has 4 heteroatoms. The van der Waals surface area contributed by atoms with Crippen molar-refractivity contribution in [1.29, 1.82) is 0 Å². The van der Waals surface area contributed by atoms with Gasteiger partial charge in [-0.1, -0.05) is 0 Å². The Balaban J connectivity index is 2.60. The van der Waals surface area contributed by atoms with Crippen molar-refractivity contribution in [1.82, 2.24) is 0 Å². The molecule has 2 nitrogen and oxygen atoms in total. The largest absolute Gasteiger partial charge is 0.390 e. The van der Waals surface area contributed by atoms with Gasteiger partial charge in [0.2, 0.25) is 0 Å². The maximum Gasteiger partial charge on any atom is 0.0849 e. The fraction of sp³-hybridized carbons (Fsp3) is 0.400. The minimum absolute atomic E-state index is 0.273. The van der Waals surface area contributed by atoms with Crippen LogP contribution in [0.4, 0.5) is 5.69 Å². The molecule has 0 aliphatic heterocycles.